The first kappa shape index (κ1) is 18.2. The van der Waals surface area contributed by atoms with Crippen LogP contribution >= 0.6 is 23.2 Å². The van der Waals surface area contributed by atoms with Crippen LogP contribution in [0, 0.1) is 0 Å². The SMILES string of the molecule is O=C(NC1CCCCC1O)c1nn(-c2ccc(Cl)cc2Cl)cc1CO. The Labute approximate surface area is 155 Å². The van der Waals surface area contributed by atoms with Crippen molar-refractivity contribution in [1.29, 1.82) is 0 Å². The lowest BCUT2D eigenvalue weighted by atomic mass is 9.92. The first-order valence-corrected chi connectivity index (χ1v) is 8.89. The molecule has 2 aromatic rings. The third-order valence-electron chi connectivity index (χ3n) is 4.38. The highest BCUT2D eigenvalue weighted by molar-refractivity contribution is 6.35. The molecule has 0 spiro atoms. The van der Waals surface area contributed by atoms with Crippen molar-refractivity contribution in [2.45, 2.75) is 44.4 Å². The van der Waals surface area contributed by atoms with E-state index in [1.54, 1.807) is 24.4 Å². The minimum atomic E-state index is -0.553. The minimum absolute atomic E-state index is 0.117. The number of nitrogens with zero attached hydrogens (tertiary/aromatic N) is 2. The van der Waals surface area contributed by atoms with E-state index >= 15 is 0 Å². The lowest BCUT2D eigenvalue weighted by Crippen LogP contribution is -2.45. The molecule has 0 radical (unpaired) electrons. The quantitative estimate of drug-likeness (QED) is 0.757. The number of amides is 1. The van der Waals surface area contributed by atoms with Crippen molar-refractivity contribution in [2.75, 3.05) is 0 Å². The number of rotatable bonds is 4. The summed E-state index contributed by atoms with van der Waals surface area (Å²) in [5.74, 6) is -0.418. The van der Waals surface area contributed by atoms with Crippen LogP contribution in [0.25, 0.3) is 5.69 Å². The van der Waals surface area contributed by atoms with Gasteiger partial charge in [-0.2, -0.15) is 5.10 Å². The molecule has 1 aromatic heterocycles. The van der Waals surface area contributed by atoms with Gasteiger partial charge >= 0.3 is 0 Å². The number of aromatic nitrogens is 2. The van der Waals surface area contributed by atoms with Crippen molar-refractivity contribution in [3.63, 3.8) is 0 Å². The molecular formula is C17H19Cl2N3O3. The summed E-state index contributed by atoms with van der Waals surface area (Å²) >= 11 is 12.1. The molecule has 1 amide bonds. The summed E-state index contributed by atoms with van der Waals surface area (Å²) < 4.78 is 1.44. The Morgan fingerprint density at radius 2 is 2.08 bits per heavy atom. The summed E-state index contributed by atoms with van der Waals surface area (Å²) in [5.41, 5.74) is 1.05. The standard InChI is InChI=1S/C17H19Cl2N3O3/c18-11-5-6-14(12(19)7-11)22-8-10(9-23)16(21-22)17(25)20-13-3-1-2-4-15(13)24/h5-8,13,15,23-24H,1-4,9H2,(H,20,25). The molecular weight excluding hydrogens is 365 g/mol. The van der Waals surface area contributed by atoms with Crippen LogP contribution < -0.4 is 5.32 Å². The lowest BCUT2D eigenvalue weighted by Gasteiger charge is -2.28. The zero-order chi connectivity index (χ0) is 18.0. The van der Waals surface area contributed by atoms with E-state index in [9.17, 15) is 15.0 Å². The molecule has 134 valence electrons. The highest BCUT2D eigenvalue weighted by Crippen LogP contribution is 2.25. The zero-order valence-corrected chi connectivity index (χ0v) is 15.0. The molecule has 1 aliphatic rings. The van der Waals surface area contributed by atoms with Gasteiger partial charge in [-0.3, -0.25) is 4.79 Å². The van der Waals surface area contributed by atoms with Gasteiger partial charge in [-0.25, -0.2) is 4.68 Å². The van der Waals surface area contributed by atoms with Gasteiger partial charge in [0.05, 0.1) is 29.5 Å². The number of benzene rings is 1. The Bertz CT molecular complexity index is 778. The first-order chi connectivity index (χ1) is 12.0. The fraction of sp³-hybridized carbons (Fsp3) is 0.412. The van der Waals surface area contributed by atoms with Crippen LogP contribution in [0.2, 0.25) is 10.0 Å². The van der Waals surface area contributed by atoms with E-state index in [2.05, 4.69) is 10.4 Å². The van der Waals surface area contributed by atoms with Crippen molar-refractivity contribution >= 4 is 29.1 Å². The number of nitrogens with one attached hydrogen (secondary N) is 1. The normalized spacial score (nSPS) is 20.5. The van der Waals surface area contributed by atoms with Gasteiger partial charge in [0, 0.05) is 16.8 Å². The van der Waals surface area contributed by atoms with Crippen molar-refractivity contribution in [1.82, 2.24) is 15.1 Å². The van der Waals surface area contributed by atoms with Crippen molar-refractivity contribution in [2.24, 2.45) is 0 Å². The molecule has 3 N–H and O–H groups in total. The van der Waals surface area contributed by atoms with Crippen LogP contribution in [0.5, 0.6) is 0 Å². The summed E-state index contributed by atoms with van der Waals surface area (Å²) in [6, 6.07) is 4.64. The molecule has 2 atom stereocenters. The maximum atomic E-state index is 12.6. The molecule has 0 bridgehead atoms. The molecule has 0 aliphatic heterocycles. The Hall–Kier alpha value is -1.60. The van der Waals surface area contributed by atoms with Gasteiger partial charge in [0.25, 0.3) is 5.91 Å². The number of halogens is 2. The second-order valence-corrected chi connectivity index (χ2v) is 6.98. The van der Waals surface area contributed by atoms with Gasteiger partial charge in [-0.05, 0) is 31.0 Å². The average molecular weight is 384 g/mol. The highest BCUT2D eigenvalue weighted by atomic mass is 35.5. The molecule has 25 heavy (non-hydrogen) atoms. The van der Waals surface area contributed by atoms with Crippen molar-refractivity contribution in [3.05, 3.63) is 45.7 Å². The molecule has 1 heterocycles. The van der Waals surface area contributed by atoms with Gasteiger partial charge in [0.15, 0.2) is 5.69 Å². The van der Waals surface area contributed by atoms with Gasteiger partial charge < -0.3 is 15.5 Å². The van der Waals surface area contributed by atoms with E-state index in [0.29, 0.717) is 27.7 Å². The smallest absolute Gasteiger partial charge is 0.272 e. The molecule has 1 saturated carbocycles. The van der Waals surface area contributed by atoms with Crippen LogP contribution in [0.1, 0.15) is 41.7 Å². The molecule has 8 heteroatoms. The number of hydrogen-bond acceptors (Lipinski definition) is 4. The Morgan fingerprint density at radius 1 is 1.32 bits per heavy atom. The molecule has 1 fully saturated rings. The van der Waals surface area contributed by atoms with E-state index in [1.807, 2.05) is 0 Å². The van der Waals surface area contributed by atoms with Gasteiger partial charge in [0.1, 0.15) is 0 Å². The second-order valence-electron chi connectivity index (χ2n) is 6.13. The van der Waals surface area contributed by atoms with Crippen LogP contribution in [0.4, 0.5) is 0 Å². The predicted octanol–water partition coefficient (Wildman–Crippen LogP) is 2.70. The summed E-state index contributed by atoms with van der Waals surface area (Å²) in [7, 11) is 0. The molecule has 1 aromatic carbocycles. The predicted molar refractivity (Wildman–Crippen MR) is 95.2 cm³/mol. The van der Waals surface area contributed by atoms with Crippen LogP contribution in [-0.4, -0.2) is 38.0 Å². The van der Waals surface area contributed by atoms with Crippen LogP contribution in [0.15, 0.2) is 24.4 Å². The fourth-order valence-corrected chi connectivity index (χ4v) is 3.52. The van der Waals surface area contributed by atoms with Crippen LogP contribution in [-0.2, 0) is 6.61 Å². The van der Waals surface area contributed by atoms with Crippen molar-refractivity contribution < 1.29 is 15.0 Å². The number of aliphatic hydroxyl groups is 2. The topological polar surface area (TPSA) is 87.4 Å². The third kappa shape index (κ3) is 3.98. The van der Waals surface area contributed by atoms with Crippen LogP contribution in [0.3, 0.4) is 0 Å². The van der Waals surface area contributed by atoms with Gasteiger partial charge in [-0.1, -0.05) is 36.0 Å². The molecule has 1 aliphatic carbocycles. The zero-order valence-electron chi connectivity index (χ0n) is 13.5. The Kier molecular flexibility index (Phi) is 5.64. The molecule has 6 nitrogen and oxygen atoms in total. The number of carbonyl (C=O) groups excluding carboxylic acids is 1. The maximum absolute atomic E-state index is 12.6. The van der Waals surface area contributed by atoms with Crippen molar-refractivity contribution in [3.8, 4) is 5.69 Å². The summed E-state index contributed by atoms with van der Waals surface area (Å²) in [6.07, 6.45) is 4.32. The van der Waals surface area contributed by atoms with E-state index in [-0.39, 0.29) is 18.3 Å². The summed E-state index contributed by atoms with van der Waals surface area (Å²) in [6.45, 7) is -0.332. The average Bonchev–Trinajstić information content (AvgIpc) is 3.01. The molecule has 3 rings (SSSR count). The number of carbonyl (C=O) groups is 1. The Balaban J connectivity index is 1.86. The molecule has 2 unspecified atom stereocenters. The van der Waals surface area contributed by atoms with E-state index in [0.717, 1.165) is 19.3 Å². The fourth-order valence-electron chi connectivity index (χ4n) is 3.02. The maximum Gasteiger partial charge on any atom is 0.272 e. The summed E-state index contributed by atoms with van der Waals surface area (Å²) in [4.78, 5) is 12.6. The number of aliphatic hydroxyl groups excluding tert-OH is 2. The van der Waals surface area contributed by atoms with Gasteiger partial charge in [-0.15, -0.1) is 0 Å². The third-order valence-corrected chi connectivity index (χ3v) is 4.92. The van der Waals surface area contributed by atoms with E-state index in [4.69, 9.17) is 23.2 Å². The monoisotopic (exact) mass is 383 g/mol. The van der Waals surface area contributed by atoms with E-state index < -0.39 is 12.0 Å². The molecule has 0 saturated heterocycles. The first-order valence-electron chi connectivity index (χ1n) is 8.13. The van der Waals surface area contributed by atoms with Gasteiger partial charge in [0.2, 0.25) is 0 Å². The lowest BCUT2D eigenvalue weighted by molar-refractivity contribution is 0.0711. The Morgan fingerprint density at radius 3 is 2.76 bits per heavy atom. The second kappa shape index (κ2) is 7.74. The number of hydrogen-bond donors (Lipinski definition) is 3. The summed E-state index contributed by atoms with van der Waals surface area (Å²) in [5, 5.41) is 27.5. The largest absolute Gasteiger partial charge is 0.392 e. The minimum Gasteiger partial charge on any atom is -0.392 e. The van der Waals surface area contributed by atoms with E-state index in [1.165, 1.54) is 4.68 Å². The highest BCUT2D eigenvalue weighted by Gasteiger charge is 2.27.